The molecular formula is C52H104BrLiN9O23+. The van der Waals surface area contributed by atoms with E-state index in [1.165, 1.54) is 55.7 Å². The summed E-state index contributed by atoms with van der Waals surface area (Å²) in [6.07, 6.45) is -1.34. The minimum absolute atomic E-state index is 0. The van der Waals surface area contributed by atoms with Crippen LogP contribution in [0, 0.1) is 12.3 Å². The summed E-state index contributed by atoms with van der Waals surface area (Å²) >= 11 is 3.06. The molecule has 0 spiro atoms. The third kappa shape index (κ3) is 40.9. The van der Waals surface area contributed by atoms with Crippen molar-refractivity contribution < 1.29 is 132 Å². The molecule has 5 rings (SSSR count). The van der Waals surface area contributed by atoms with Gasteiger partial charge in [-0.1, -0.05) is 15.9 Å². The fourth-order valence-corrected chi connectivity index (χ4v) is 8.50. The number of piperidine rings is 1. The number of aliphatic carboxylic acids is 5. The number of alkyl halides is 1. The maximum absolute atomic E-state index is 11.5. The minimum atomic E-state index is -2.27. The van der Waals surface area contributed by atoms with E-state index in [4.69, 9.17) is 54.3 Å². The summed E-state index contributed by atoms with van der Waals surface area (Å²) in [5.74, 6) is -6.09. The number of likely N-dealkylation sites (tertiary alicyclic amines) is 1. The summed E-state index contributed by atoms with van der Waals surface area (Å²) in [5.41, 5.74) is 0. The summed E-state index contributed by atoms with van der Waals surface area (Å²) in [7, 11) is 18.8. The van der Waals surface area contributed by atoms with Gasteiger partial charge in [0.25, 0.3) is 0 Å². The molecule has 86 heavy (non-hydrogen) atoms. The molecule has 0 aromatic heterocycles. The molecule has 5 aliphatic rings. The Morgan fingerprint density at radius 3 is 1.08 bits per heavy atom. The topological polar surface area (TPSA) is 429 Å². The summed E-state index contributed by atoms with van der Waals surface area (Å²) in [6.45, 7) is 20.5. The molecule has 34 heteroatoms. The van der Waals surface area contributed by atoms with E-state index in [9.17, 15) is 38.7 Å². The van der Waals surface area contributed by atoms with E-state index in [2.05, 4.69) is 82.7 Å². The number of ether oxygens (including phenoxy) is 7. The second kappa shape index (κ2) is 54.5. The second-order valence-corrected chi connectivity index (χ2v) is 21.1. The number of halogens is 1. The number of aliphatic hydroxyl groups excluding tert-OH is 2. The van der Waals surface area contributed by atoms with Crippen molar-refractivity contribution >= 4 is 57.7 Å². The predicted molar refractivity (Wildman–Crippen MR) is 313 cm³/mol. The minimum Gasteiger partial charge on any atom is -0.548 e. The van der Waals surface area contributed by atoms with Crippen molar-refractivity contribution in [2.24, 2.45) is 5.92 Å². The van der Waals surface area contributed by atoms with Gasteiger partial charge in [0.05, 0.1) is 71.6 Å². The standard InChI is InChI=1S/C10H20N2O3.C10H17NO3.2C9H18N2O3.C5H9BrO3.C5H12N2.C4H6O6.Li.2H2O/c1-11-4-6-12(7-5-11)9(8-14-2)10(13)15-3;1-8-3-5-11(6-4-8)9(7-14-2)10(12)13;2*1-10-3-5-11(6-4-10)8(7-14-2)9(12)13;1-8-3-4(6)5(7)9-2;1-7-4-2-6-3-5-7;5-1(3(7)8)2(6)4(9)10;;;/h9H,4-8H2,1-3H3;3,8-9H,4-7H2,1-2H3;2*8H,3-7H2,1-2H3,(H,12,13);4H,3H2,1-2H3;6H,2-5H2,1H3;1-2,5-6H,(H,7,8)(H,9,10);;2*1H2/q;;;;;;;+1;;/t;8?,9-;;;;;1-,2-;;;/m.1....0.../s1. The molecule has 8 atom stereocenters. The van der Waals surface area contributed by atoms with Crippen LogP contribution in [-0.2, 0) is 66.7 Å². The second-order valence-electron chi connectivity index (χ2n) is 20.0. The first-order valence-electron chi connectivity index (χ1n) is 27.2. The SMILES string of the molecule is CN1CCNCC1.COCC(Br)C(=O)OC.COCC(C(=O)O)N1CCN(C)CC1.COCC(C(=O)OC)N1CCN(C)CC1.COCC(C(=O)[O-])N1CCN(C)CC1.COC[C@H](C(=O)O)N1C[CH+]C(C)CC1.O.O.O=C(O)[C@@H](O)[C@H](O)C(=O)O.[Li+]. The van der Waals surface area contributed by atoms with Gasteiger partial charge in [-0.3, -0.25) is 33.9 Å². The van der Waals surface area contributed by atoms with Crippen LogP contribution >= 0.6 is 15.9 Å². The fourth-order valence-electron chi connectivity index (χ4n) is 8.05. The average molecular weight is 1310 g/mol. The van der Waals surface area contributed by atoms with Gasteiger partial charge < -0.3 is 110 Å². The molecule has 5 aliphatic heterocycles. The van der Waals surface area contributed by atoms with E-state index in [0.717, 1.165) is 111 Å². The molecule has 0 saturated carbocycles. The van der Waals surface area contributed by atoms with Gasteiger partial charge in [-0.15, -0.1) is 0 Å². The number of aliphatic hydroxyl groups is 2. The van der Waals surface area contributed by atoms with Gasteiger partial charge in [0, 0.05) is 153 Å². The van der Waals surface area contributed by atoms with Crippen molar-refractivity contribution in [1.29, 1.82) is 0 Å². The molecule has 0 bridgehead atoms. The first-order chi connectivity index (χ1) is 39.2. The molecule has 0 radical (unpaired) electrons. The average Bonchev–Trinajstić information content (AvgIpc) is 3.68. The number of hydrogen-bond acceptors (Lipinski definition) is 26. The quantitative estimate of drug-likeness (QED) is 0.0229. The molecule has 32 nitrogen and oxygen atoms in total. The Kier molecular flexibility index (Phi) is 57.8. The maximum Gasteiger partial charge on any atom is 1.00 e. The number of carbonyl (C=O) groups excluding carboxylic acids is 3. The van der Waals surface area contributed by atoms with Crippen molar-refractivity contribution in [1.82, 2.24) is 44.5 Å². The Hall–Kier alpha value is -3.48. The fraction of sp³-hybridized carbons (Fsp3) is 0.846. The van der Waals surface area contributed by atoms with Crippen molar-refractivity contribution in [2.45, 2.75) is 54.5 Å². The number of carboxylic acids is 5. The Morgan fingerprint density at radius 1 is 0.488 bits per heavy atom. The van der Waals surface area contributed by atoms with Gasteiger partial charge in [-0.25, -0.2) is 14.5 Å². The third-order valence-electron chi connectivity index (χ3n) is 13.5. The number of rotatable bonds is 22. The Labute approximate surface area is 528 Å². The van der Waals surface area contributed by atoms with Gasteiger partial charge in [0.1, 0.15) is 29.5 Å². The van der Waals surface area contributed by atoms with Crippen LogP contribution in [0.2, 0.25) is 0 Å². The van der Waals surface area contributed by atoms with Crippen LogP contribution in [0.3, 0.4) is 0 Å². The smallest absolute Gasteiger partial charge is 0.548 e. The van der Waals surface area contributed by atoms with Gasteiger partial charge >= 0.3 is 54.7 Å². The third-order valence-corrected chi connectivity index (χ3v) is 14.2. The molecule has 0 aromatic rings. The van der Waals surface area contributed by atoms with Crippen LogP contribution in [0.15, 0.2) is 0 Å². The molecule has 5 fully saturated rings. The normalized spacial score (nSPS) is 20.3. The number of esters is 2. The van der Waals surface area contributed by atoms with Crippen LogP contribution in [0.5, 0.6) is 0 Å². The first kappa shape index (κ1) is 91.3. The summed E-state index contributed by atoms with van der Waals surface area (Å²) < 4.78 is 33.6. The Morgan fingerprint density at radius 2 is 0.802 bits per heavy atom. The molecule has 0 aliphatic carbocycles. The largest absolute Gasteiger partial charge is 1.00 e. The van der Waals surface area contributed by atoms with E-state index in [1.54, 1.807) is 7.11 Å². The molecule has 0 amide bonds. The zero-order valence-corrected chi connectivity index (χ0v) is 54.5. The van der Waals surface area contributed by atoms with E-state index in [0.29, 0.717) is 19.1 Å². The van der Waals surface area contributed by atoms with Gasteiger partial charge in [0.2, 0.25) is 0 Å². The predicted octanol–water partition coefficient (Wildman–Crippen LogP) is -9.29. The van der Waals surface area contributed by atoms with Gasteiger partial charge in [0.15, 0.2) is 12.2 Å². The van der Waals surface area contributed by atoms with Crippen LogP contribution in [0.4, 0.5) is 0 Å². The number of likely N-dealkylation sites (N-methyl/N-ethyl adjacent to an activating group) is 4. The van der Waals surface area contributed by atoms with Gasteiger partial charge in [-0.05, 0) is 35.1 Å². The summed E-state index contributed by atoms with van der Waals surface area (Å²) in [5, 5.41) is 64.6. The molecule has 0 aromatic carbocycles. The molecule has 11 N–H and O–H groups in total. The van der Waals surface area contributed by atoms with Crippen molar-refractivity contribution in [3.63, 3.8) is 0 Å². The summed E-state index contributed by atoms with van der Waals surface area (Å²) in [4.78, 5) is 90.9. The van der Waals surface area contributed by atoms with Crippen LogP contribution < -0.4 is 29.3 Å². The number of hydrogen-bond donors (Lipinski definition) is 7. The van der Waals surface area contributed by atoms with E-state index >= 15 is 0 Å². The molecule has 5 unspecified atom stereocenters. The number of methoxy groups -OCH3 is 7. The van der Waals surface area contributed by atoms with E-state index in [1.807, 2.05) is 28.8 Å². The van der Waals surface area contributed by atoms with E-state index < -0.39 is 60.2 Å². The van der Waals surface area contributed by atoms with Crippen molar-refractivity contribution in [3.05, 3.63) is 6.42 Å². The zero-order valence-electron chi connectivity index (χ0n) is 52.9. The number of piperazine rings is 4. The molecule has 5 saturated heterocycles. The number of nitrogens with one attached hydrogen (secondary N) is 1. The maximum atomic E-state index is 11.5. The van der Waals surface area contributed by atoms with Crippen LogP contribution in [-0.4, -0.2) is 393 Å². The van der Waals surface area contributed by atoms with Crippen LogP contribution in [0.1, 0.15) is 13.3 Å². The molecule has 5 heterocycles. The zero-order chi connectivity index (χ0) is 63.6. The number of carbonyl (C=O) groups is 7. The monoisotopic (exact) mass is 1310 g/mol. The first-order valence-corrected chi connectivity index (χ1v) is 28.1. The molecule has 502 valence electrons. The Balaban J connectivity index is -0.000000298. The number of carboxylic acid groups (broad SMARTS) is 5. The van der Waals surface area contributed by atoms with Crippen molar-refractivity contribution in [3.8, 4) is 0 Å². The number of nitrogens with zero attached hydrogens (tertiary/aromatic N) is 8. The summed E-state index contributed by atoms with van der Waals surface area (Å²) in [6, 6.07) is -1.85. The molecular weight excluding hydrogens is 1210 g/mol. The van der Waals surface area contributed by atoms with Gasteiger partial charge in [-0.2, -0.15) is 0 Å². The Bertz CT molecular complexity index is 1650. The van der Waals surface area contributed by atoms with Crippen molar-refractivity contribution in [2.75, 3.05) is 229 Å². The van der Waals surface area contributed by atoms with Crippen LogP contribution in [0.25, 0.3) is 0 Å². The van der Waals surface area contributed by atoms with E-state index in [-0.39, 0.29) is 72.4 Å².